The number of carbonyl (C=O) groups excluding carboxylic acids is 1. The maximum Gasteiger partial charge on any atom is 0.225 e. The van der Waals surface area contributed by atoms with E-state index in [4.69, 9.17) is 0 Å². The highest BCUT2D eigenvalue weighted by molar-refractivity contribution is 5.81. The van der Waals surface area contributed by atoms with E-state index in [2.05, 4.69) is 49.9 Å². The summed E-state index contributed by atoms with van der Waals surface area (Å²) in [6.45, 7) is 3.05. The predicted molar refractivity (Wildman–Crippen MR) is 123 cm³/mol. The largest absolute Gasteiger partial charge is 0.352 e. The van der Waals surface area contributed by atoms with E-state index in [-0.39, 0.29) is 12.0 Å². The smallest absolute Gasteiger partial charge is 0.225 e. The molecule has 0 radical (unpaired) electrons. The molecule has 2 aliphatic rings. The molecule has 4 rings (SSSR count). The Morgan fingerprint density at radius 3 is 2.68 bits per heavy atom. The summed E-state index contributed by atoms with van der Waals surface area (Å²) in [5, 5.41) is 11.3. The fraction of sp³-hybridized carbons (Fsp3) is 0.542. The van der Waals surface area contributed by atoms with Gasteiger partial charge in [0.15, 0.2) is 5.96 Å². The zero-order valence-electron chi connectivity index (χ0n) is 18.5. The zero-order chi connectivity index (χ0) is 21.5. The summed E-state index contributed by atoms with van der Waals surface area (Å²) in [5.41, 5.74) is 2.46. The van der Waals surface area contributed by atoms with Crippen LogP contribution in [0.3, 0.4) is 0 Å². The number of nitrogens with zero attached hydrogens (tertiary/aromatic N) is 4. The third-order valence-electron chi connectivity index (χ3n) is 6.47. The lowest BCUT2D eigenvalue weighted by Crippen LogP contribution is -2.45. The first-order valence-electron chi connectivity index (χ1n) is 11.5. The molecule has 1 saturated heterocycles. The first-order valence-corrected chi connectivity index (χ1v) is 11.5. The van der Waals surface area contributed by atoms with Gasteiger partial charge in [-0.05, 0) is 36.5 Å². The van der Waals surface area contributed by atoms with Crippen LogP contribution in [0, 0.1) is 5.92 Å². The highest BCUT2D eigenvalue weighted by atomic mass is 16.2. The number of hydrogen-bond acceptors (Lipinski definition) is 3. The van der Waals surface area contributed by atoms with Gasteiger partial charge in [0.2, 0.25) is 5.91 Å². The minimum atomic E-state index is 0.247. The SMILES string of the molecule is CN=C(NCc1ccccc1Cn1cccn1)NC1CCN(C(=O)C2CCCCC2)C1. The molecule has 1 aliphatic carbocycles. The molecule has 166 valence electrons. The van der Waals surface area contributed by atoms with Gasteiger partial charge in [0, 0.05) is 51.0 Å². The molecule has 1 aromatic carbocycles. The van der Waals surface area contributed by atoms with Crippen LogP contribution in [0.1, 0.15) is 49.7 Å². The first-order chi connectivity index (χ1) is 15.2. The van der Waals surface area contributed by atoms with Crippen molar-refractivity contribution in [2.24, 2.45) is 10.9 Å². The van der Waals surface area contributed by atoms with E-state index in [0.29, 0.717) is 12.5 Å². The maximum absolute atomic E-state index is 12.8. The molecule has 31 heavy (non-hydrogen) atoms. The van der Waals surface area contributed by atoms with Gasteiger partial charge in [-0.2, -0.15) is 5.10 Å². The minimum Gasteiger partial charge on any atom is -0.352 e. The third kappa shape index (κ3) is 5.66. The van der Waals surface area contributed by atoms with Crippen LogP contribution in [-0.2, 0) is 17.9 Å². The standard InChI is InChI=1S/C24H34N6O/c1-25-24(26-16-20-10-5-6-11-21(20)17-30-14-7-13-27-30)28-22-12-15-29(18-22)23(31)19-8-3-2-4-9-19/h5-7,10-11,13-14,19,22H,2-4,8-9,12,15-18H2,1H3,(H2,25,26,28). The fourth-order valence-corrected chi connectivity index (χ4v) is 4.71. The summed E-state index contributed by atoms with van der Waals surface area (Å²) >= 11 is 0. The van der Waals surface area contributed by atoms with Gasteiger partial charge < -0.3 is 15.5 Å². The van der Waals surface area contributed by atoms with E-state index < -0.39 is 0 Å². The van der Waals surface area contributed by atoms with Crippen LogP contribution >= 0.6 is 0 Å². The second-order valence-electron chi connectivity index (χ2n) is 8.65. The van der Waals surface area contributed by atoms with Crippen molar-refractivity contribution in [2.75, 3.05) is 20.1 Å². The second kappa shape index (κ2) is 10.5. The van der Waals surface area contributed by atoms with Gasteiger partial charge in [-0.1, -0.05) is 43.5 Å². The maximum atomic E-state index is 12.8. The molecule has 7 nitrogen and oxygen atoms in total. The number of rotatable bonds is 6. The second-order valence-corrected chi connectivity index (χ2v) is 8.65. The Morgan fingerprint density at radius 2 is 1.94 bits per heavy atom. The summed E-state index contributed by atoms with van der Waals surface area (Å²) in [4.78, 5) is 19.3. The molecule has 1 unspecified atom stereocenters. The number of hydrogen-bond donors (Lipinski definition) is 2. The number of benzene rings is 1. The molecule has 0 spiro atoms. The Hall–Kier alpha value is -2.83. The van der Waals surface area contributed by atoms with Gasteiger partial charge in [-0.25, -0.2) is 0 Å². The number of amides is 1. The fourth-order valence-electron chi connectivity index (χ4n) is 4.71. The number of aliphatic imine (C=N–C) groups is 1. The first kappa shape index (κ1) is 21.4. The van der Waals surface area contributed by atoms with E-state index in [1.165, 1.54) is 30.4 Å². The summed E-state index contributed by atoms with van der Waals surface area (Å²) < 4.78 is 1.93. The predicted octanol–water partition coefficient (Wildman–Crippen LogP) is 2.78. The lowest BCUT2D eigenvalue weighted by atomic mass is 9.88. The van der Waals surface area contributed by atoms with Crippen LogP contribution in [0.25, 0.3) is 0 Å². The Kier molecular flexibility index (Phi) is 7.22. The van der Waals surface area contributed by atoms with Crippen molar-refractivity contribution in [2.45, 2.75) is 57.7 Å². The molecule has 2 fully saturated rings. The van der Waals surface area contributed by atoms with Crippen molar-refractivity contribution < 1.29 is 4.79 Å². The van der Waals surface area contributed by atoms with Crippen LogP contribution in [0.15, 0.2) is 47.7 Å². The number of aromatic nitrogens is 2. The van der Waals surface area contributed by atoms with Gasteiger partial charge in [0.05, 0.1) is 6.54 Å². The number of nitrogens with one attached hydrogen (secondary N) is 2. The minimum absolute atomic E-state index is 0.247. The molecule has 1 amide bonds. The van der Waals surface area contributed by atoms with Crippen molar-refractivity contribution in [1.82, 2.24) is 25.3 Å². The normalized spacial score (nSPS) is 20.1. The lowest BCUT2D eigenvalue weighted by Gasteiger charge is -2.26. The van der Waals surface area contributed by atoms with Gasteiger partial charge in [-0.15, -0.1) is 0 Å². The average Bonchev–Trinajstić information content (AvgIpc) is 3.50. The van der Waals surface area contributed by atoms with Crippen LogP contribution in [0.4, 0.5) is 0 Å². The summed E-state index contributed by atoms with van der Waals surface area (Å²) in [5.74, 6) is 1.39. The molecule has 1 atom stereocenters. The Morgan fingerprint density at radius 1 is 1.13 bits per heavy atom. The molecule has 2 heterocycles. The molecule has 7 heteroatoms. The van der Waals surface area contributed by atoms with E-state index in [1.807, 2.05) is 16.9 Å². The van der Waals surface area contributed by atoms with Gasteiger partial charge in [0.1, 0.15) is 0 Å². The van der Waals surface area contributed by atoms with Crippen LogP contribution in [-0.4, -0.2) is 52.7 Å². The molecule has 1 aliphatic heterocycles. The van der Waals surface area contributed by atoms with E-state index >= 15 is 0 Å². The van der Waals surface area contributed by atoms with E-state index in [0.717, 1.165) is 44.9 Å². The number of likely N-dealkylation sites (tertiary alicyclic amines) is 1. The van der Waals surface area contributed by atoms with Crippen LogP contribution in [0.5, 0.6) is 0 Å². The monoisotopic (exact) mass is 422 g/mol. The lowest BCUT2D eigenvalue weighted by molar-refractivity contribution is -0.135. The van der Waals surface area contributed by atoms with Gasteiger partial charge >= 0.3 is 0 Å². The quantitative estimate of drug-likeness (QED) is 0.555. The molecular formula is C24H34N6O. The molecule has 0 bridgehead atoms. The number of carbonyl (C=O) groups is 1. The molecule has 2 N–H and O–H groups in total. The summed E-state index contributed by atoms with van der Waals surface area (Å²) in [6, 6.07) is 10.6. The summed E-state index contributed by atoms with van der Waals surface area (Å²) in [7, 11) is 1.80. The number of guanidine groups is 1. The Balaban J connectivity index is 1.28. The highest BCUT2D eigenvalue weighted by Gasteiger charge is 2.31. The Bertz CT molecular complexity index is 872. The highest BCUT2D eigenvalue weighted by Crippen LogP contribution is 2.26. The van der Waals surface area contributed by atoms with Crippen molar-refractivity contribution >= 4 is 11.9 Å². The molecular weight excluding hydrogens is 388 g/mol. The van der Waals surface area contributed by atoms with Crippen molar-refractivity contribution in [1.29, 1.82) is 0 Å². The van der Waals surface area contributed by atoms with Gasteiger partial charge in [0.25, 0.3) is 0 Å². The summed E-state index contributed by atoms with van der Waals surface area (Å²) in [6.07, 6.45) is 10.6. The van der Waals surface area contributed by atoms with Crippen molar-refractivity contribution in [3.05, 3.63) is 53.9 Å². The zero-order valence-corrected chi connectivity index (χ0v) is 18.5. The third-order valence-corrected chi connectivity index (χ3v) is 6.47. The van der Waals surface area contributed by atoms with E-state index in [1.54, 1.807) is 13.2 Å². The van der Waals surface area contributed by atoms with E-state index in [9.17, 15) is 4.79 Å². The van der Waals surface area contributed by atoms with Crippen LogP contribution < -0.4 is 10.6 Å². The topological polar surface area (TPSA) is 74.6 Å². The van der Waals surface area contributed by atoms with Crippen molar-refractivity contribution in [3.8, 4) is 0 Å². The van der Waals surface area contributed by atoms with Crippen molar-refractivity contribution in [3.63, 3.8) is 0 Å². The Labute approximate surface area is 184 Å². The van der Waals surface area contributed by atoms with Crippen LogP contribution in [0.2, 0.25) is 0 Å². The average molecular weight is 423 g/mol. The molecule has 2 aromatic rings. The molecule has 1 aromatic heterocycles. The van der Waals surface area contributed by atoms with Gasteiger partial charge in [-0.3, -0.25) is 14.5 Å². The molecule has 1 saturated carbocycles.